The van der Waals surface area contributed by atoms with Crippen LogP contribution in [0.2, 0.25) is 0 Å². The normalized spacial score (nSPS) is 10.8. The SMILES string of the molecule is CCCCCc1ccc(OCC(=O)N/N=C\c2cc([N+](=O)[O-])ccc2O)cc1. The minimum atomic E-state index is -0.585. The molecule has 0 radical (unpaired) electrons. The van der Waals surface area contributed by atoms with Crippen molar-refractivity contribution in [1.82, 2.24) is 5.43 Å². The van der Waals surface area contributed by atoms with Gasteiger partial charge in [0.05, 0.1) is 11.1 Å². The Morgan fingerprint density at radius 1 is 1.25 bits per heavy atom. The highest BCUT2D eigenvalue weighted by Crippen LogP contribution is 2.21. The van der Waals surface area contributed by atoms with Crippen LogP contribution in [0.25, 0.3) is 0 Å². The van der Waals surface area contributed by atoms with Crippen molar-refractivity contribution in [1.29, 1.82) is 0 Å². The number of amides is 1. The molecular formula is C20H23N3O5. The molecule has 2 N–H and O–H groups in total. The van der Waals surface area contributed by atoms with Crippen LogP contribution in [0.4, 0.5) is 5.69 Å². The summed E-state index contributed by atoms with van der Waals surface area (Å²) in [6.45, 7) is 1.94. The summed E-state index contributed by atoms with van der Waals surface area (Å²) in [7, 11) is 0. The van der Waals surface area contributed by atoms with Crippen LogP contribution >= 0.6 is 0 Å². The molecule has 0 bridgehead atoms. The van der Waals surface area contributed by atoms with E-state index in [1.165, 1.54) is 30.5 Å². The van der Waals surface area contributed by atoms with Gasteiger partial charge in [-0.2, -0.15) is 5.10 Å². The first-order valence-electron chi connectivity index (χ1n) is 9.00. The zero-order valence-corrected chi connectivity index (χ0v) is 15.6. The van der Waals surface area contributed by atoms with E-state index in [1.807, 2.05) is 24.3 Å². The lowest BCUT2D eigenvalue weighted by molar-refractivity contribution is -0.384. The predicted molar refractivity (Wildman–Crippen MR) is 106 cm³/mol. The van der Waals surface area contributed by atoms with Crippen molar-refractivity contribution in [3.63, 3.8) is 0 Å². The van der Waals surface area contributed by atoms with Gasteiger partial charge in [0.15, 0.2) is 6.61 Å². The minimum Gasteiger partial charge on any atom is -0.507 e. The number of phenols is 1. The van der Waals surface area contributed by atoms with Crippen molar-refractivity contribution < 1.29 is 19.6 Å². The number of benzene rings is 2. The first kappa shape index (κ1) is 20.9. The van der Waals surface area contributed by atoms with E-state index in [2.05, 4.69) is 17.5 Å². The topological polar surface area (TPSA) is 114 Å². The maximum atomic E-state index is 11.8. The molecule has 2 aromatic rings. The quantitative estimate of drug-likeness (QED) is 0.281. The van der Waals surface area contributed by atoms with Gasteiger partial charge in [0.25, 0.3) is 11.6 Å². The van der Waals surface area contributed by atoms with Crippen LogP contribution in [0.15, 0.2) is 47.6 Å². The third-order valence-electron chi connectivity index (χ3n) is 3.98. The Bertz CT molecular complexity index is 834. The highest BCUT2D eigenvalue weighted by molar-refractivity contribution is 5.86. The number of ether oxygens (including phenoxy) is 1. The second-order valence-corrected chi connectivity index (χ2v) is 6.18. The average molecular weight is 385 g/mol. The Morgan fingerprint density at radius 3 is 2.68 bits per heavy atom. The van der Waals surface area contributed by atoms with Crippen molar-refractivity contribution in [3.8, 4) is 11.5 Å². The molecule has 2 rings (SSSR count). The Kier molecular flexibility index (Phi) is 7.95. The van der Waals surface area contributed by atoms with Crippen LogP contribution in [-0.4, -0.2) is 28.8 Å². The van der Waals surface area contributed by atoms with Crippen molar-refractivity contribution in [2.45, 2.75) is 32.6 Å². The van der Waals surface area contributed by atoms with Crippen LogP contribution in [0.5, 0.6) is 11.5 Å². The number of hydrogen-bond donors (Lipinski definition) is 2. The molecular weight excluding hydrogens is 362 g/mol. The molecule has 0 aliphatic heterocycles. The van der Waals surface area contributed by atoms with Gasteiger partial charge in [0, 0.05) is 17.7 Å². The number of unbranched alkanes of at least 4 members (excludes halogenated alkanes) is 2. The number of carbonyl (C=O) groups is 1. The number of carbonyl (C=O) groups excluding carboxylic acids is 1. The number of non-ortho nitro benzene ring substituents is 1. The third-order valence-corrected chi connectivity index (χ3v) is 3.98. The molecule has 0 saturated carbocycles. The Balaban J connectivity index is 1.80. The summed E-state index contributed by atoms with van der Waals surface area (Å²) in [4.78, 5) is 21.9. The number of phenolic OH excluding ortho intramolecular Hbond substituents is 1. The number of nitro benzene ring substituents is 1. The van der Waals surface area contributed by atoms with Gasteiger partial charge < -0.3 is 9.84 Å². The monoisotopic (exact) mass is 385 g/mol. The van der Waals surface area contributed by atoms with Gasteiger partial charge in [-0.05, 0) is 36.6 Å². The first-order chi connectivity index (χ1) is 13.5. The predicted octanol–water partition coefficient (Wildman–Crippen LogP) is 3.56. The number of nitro groups is 1. The van der Waals surface area contributed by atoms with Crippen molar-refractivity contribution in [3.05, 3.63) is 63.7 Å². The number of aryl methyl sites for hydroxylation is 1. The molecule has 8 nitrogen and oxygen atoms in total. The van der Waals surface area contributed by atoms with E-state index in [4.69, 9.17) is 4.74 Å². The highest BCUT2D eigenvalue weighted by atomic mass is 16.6. The summed E-state index contributed by atoms with van der Waals surface area (Å²) in [5, 5.41) is 24.1. The molecule has 148 valence electrons. The lowest BCUT2D eigenvalue weighted by Gasteiger charge is -2.06. The molecule has 28 heavy (non-hydrogen) atoms. The van der Waals surface area contributed by atoms with Crippen LogP contribution < -0.4 is 10.2 Å². The fraction of sp³-hybridized carbons (Fsp3) is 0.300. The summed E-state index contributed by atoms with van der Waals surface area (Å²) in [5.74, 6) is -0.0956. The molecule has 0 heterocycles. The van der Waals surface area contributed by atoms with Gasteiger partial charge in [-0.25, -0.2) is 5.43 Å². The number of rotatable bonds is 10. The van der Waals surface area contributed by atoms with Crippen LogP contribution in [-0.2, 0) is 11.2 Å². The highest BCUT2D eigenvalue weighted by Gasteiger charge is 2.09. The number of hydrogen-bond acceptors (Lipinski definition) is 6. The zero-order chi connectivity index (χ0) is 20.4. The molecule has 0 aliphatic carbocycles. The van der Waals surface area contributed by atoms with Gasteiger partial charge in [-0.1, -0.05) is 31.9 Å². The fourth-order valence-corrected chi connectivity index (χ4v) is 2.45. The van der Waals surface area contributed by atoms with E-state index < -0.39 is 10.8 Å². The average Bonchev–Trinajstić information content (AvgIpc) is 2.69. The molecule has 0 aromatic heterocycles. The number of hydrazone groups is 1. The molecule has 0 unspecified atom stereocenters. The first-order valence-corrected chi connectivity index (χ1v) is 9.00. The minimum absolute atomic E-state index is 0.120. The smallest absolute Gasteiger partial charge is 0.277 e. The molecule has 1 amide bonds. The van der Waals surface area contributed by atoms with Crippen molar-refractivity contribution >= 4 is 17.8 Å². The fourth-order valence-electron chi connectivity index (χ4n) is 2.45. The van der Waals surface area contributed by atoms with Gasteiger partial charge >= 0.3 is 0 Å². The van der Waals surface area contributed by atoms with Crippen LogP contribution in [0, 0.1) is 10.1 Å². The summed E-state index contributed by atoms with van der Waals surface area (Å²) >= 11 is 0. The van der Waals surface area contributed by atoms with Crippen LogP contribution in [0.1, 0.15) is 37.3 Å². The summed E-state index contributed by atoms with van der Waals surface area (Å²) in [6.07, 6.45) is 5.68. The Morgan fingerprint density at radius 2 is 2.00 bits per heavy atom. The number of aromatic hydroxyl groups is 1. The van der Waals surface area contributed by atoms with E-state index in [-0.39, 0.29) is 23.6 Å². The molecule has 0 atom stereocenters. The summed E-state index contributed by atoms with van der Waals surface area (Å²) < 4.78 is 5.40. The maximum absolute atomic E-state index is 11.8. The number of nitrogens with one attached hydrogen (secondary N) is 1. The van der Waals surface area contributed by atoms with E-state index in [0.717, 1.165) is 25.1 Å². The molecule has 0 aliphatic rings. The Hall–Kier alpha value is -3.42. The van der Waals surface area contributed by atoms with E-state index in [0.29, 0.717) is 5.75 Å². The second kappa shape index (κ2) is 10.7. The lowest BCUT2D eigenvalue weighted by atomic mass is 10.1. The zero-order valence-electron chi connectivity index (χ0n) is 15.6. The van der Waals surface area contributed by atoms with Gasteiger partial charge in [0.2, 0.25) is 0 Å². The Labute approximate surface area is 163 Å². The summed E-state index contributed by atoms with van der Waals surface area (Å²) in [5.41, 5.74) is 3.41. The second-order valence-electron chi connectivity index (χ2n) is 6.18. The van der Waals surface area contributed by atoms with E-state index in [1.54, 1.807) is 0 Å². The van der Waals surface area contributed by atoms with Crippen LogP contribution in [0.3, 0.4) is 0 Å². The molecule has 0 fully saturated rings. The molecule has 8 heteroatoms. The van der Waals surface area contributed by atoms with Crippen molar-refractivity contribution in [2.75, 3.05) is 6.61 Å². The lowest BCUT2D eigenvalue weighted by Crippen LogP contribution is -2.24. The molecule has 0 saturated heterocycles. The third kappa shape index (κ3) is 6.71. The molecule has 0 spiro atoms. The van der Waals surface area contributed by atoms with Gasteiger partial charge in [-0.3, -0.25) is 14.9 Å². The number of nitrogens with zero attached hydrogens (tertiary/aromatic N) is 2. The van der Waals surface area contributed by atoms with Crippen molar-refractivity contribution in [2.24, 2.45) is 5.10 Å². The standard InChI is InChI=1S/C20H23N3O5/c1-2-3-4-5-15-6-9-18(10-7-15)28-14-20(25)22-21-13-16-12-17(23(26)27)8-11-19(16)24/h6-13,24H,2-5,14H2,1H3,(H,22,25)/b21-13-. The van der Waals surface area contributed by atoms with E-state index >= 15 is 0 Å². The maximum Gasteiger partial charge on any atom is 0.277 e. The van der Waals surface area contributed by atoms with Gasteiger partial charge in [-0.15, -0.1) is 0 Å². The van der Waals surface area contributed by atoms with Gasteiger partial charge in [0.1, 0.15) is 11.5 Å². The van der Waals surface area contributed by atoms with E-state index in [9.17, 15) is 20.0 Å². The molecule has 2 aromatic carbocycles. The largest absolute Gasteiger partial charge is 0.507 e. The summed E-state index contributed by atoms with van der Waals surface area (Å²) in [6, 6.07) is 11.1.